The quantitative estimate of drug-likeness (QED) is 0.646. The molecule has 0 aliphatic rings. The van der Waals surface area contributed by atoms with Gasteiger partial charge < -0.3 is 10.1 Å². The van der Waals surface area contributed by atoms with Crippen molar-refractivity contribution in [2.24, 2.45) is 0 Å². The molecule has 1 heterocycles. The first kappa shape index (κ1) is 19.4. The van der Waals surface area contributed by atoms with Gasteiger partial charge in [0.05, 0.1) is 12.2 Å². The Morgan fingerprint density at radius 3 is 2.46 bits per heavy atom. The van der Waals surface area contributed by atoms with Crippen LogP contribution in [0.25, 0.3) is 6.08 Å². The first-order chi connectivity index (χ1) is 12.3. The average molecular weight is 352 g/mol. The van der Waals surface area contributed by atoms with Crippen LogP contribution in [0.5, 0.6) is 0 Å². The van der Waals surface area contributed by atoms with Gasteiger partial charge in [0.25, 0.3) is 0 Å². The lowest BCUT2D eigenvalue weighted by molar-refractivity contribution is -0.111. The molecular formula is C21H24N2O3. The molecule has 5 nitrogen and oxygen atoms in total. The van der Waals surface area contributed by atoms with Crippen molar-refractivity contribution in [1.29, 1.82) is 0 Å². The Kier molecular flexibility index (Phi) is 6.28. The van der Waals surface area contributed by atoms with Crippen molar-refractivity contribution in [2.45, 2.75) is 33.1 Å². The number of amides is 1. The zero-order chi connectivity index (χ0) is 19.2. The van der Waals surface area contributed by atoms with Gasteiger partial charge in [-0.2, -0.15) is 0 Å². The number of esters is 1. The van der Waals surface area contributed by atoms with Crippen LogP contribution in [0.3, 0.4) is 0 Å². The van der Waals surface area contributed by atoms with Crippen molar-refractivity contribution in [2.75, 3.05) is 11.9 Å². The molecule has 2 rings (SSSR count). The van der Waals surface area contributed by atoms with Crippen LogP contribution in [0.2, 0.25) is 0 Å². The molecule has 0 radical (unpaired) electrons. The van der Waals surface area contributed by atoms with E-state index in [0.29, 0.717) is 18.0 Å². The number of carbonyl (C=O) groups is 2. The lowest BCUT2D eigenvalue weighted by Crippen LogP contribution is -2.11. The zero-order valence-electron chi connectivity index (χ0n) is 15.6. The number of aromatic nitrogens is 1. The summed E-state index contributed by atoms with van der Waals surface area (Å²) in [6, 6.07) is 11.1. The third-order valence-corrected chi connectivity index (χ3v) is 3.73. The summed E-state index contributed by atoms with van der Waals surface area (Å²) < 4.78 is 4.93. The molecule has 2 aromatic rings. The number of hydrogen-bond acceptors (Lipinski definition) is 4. The molecule has 5 heteroatoms. The molecule has 1 aromatic carbocycles. The van der Waals surface area contributed by atoms with E-state index in [2.05, 4.69) is 43.2 Å². The van der Waals surface area contributed by atoms with E-state index in [0.717, 1.165) is 5.56 Å². The van der Waals surface area contributed by atoms with Gasteiger partial charge in [0.2, 0.25) is 5.91 Å². The summed E-state index contributed by atoms with van der Waals surface area (Å²) in [4.78, 5) is 27.8. The summed E-state index contributed by atoms with van der Waals surface area (Å²) >= 11 is 0. The summed E-state index contributed by atoms with van der Waals surface area (Å²) in [6.07, 6.45) is 4.62. The van der Waals surface area contributed by atoms with Crippen LogP contribution in [0, 0.1) is 0 Å². The lowest BCUT2D eigenvalue weighted by atomic mass is 9.87. The monoisotopic (exact) mass is 352 g/mol. The van der Waals surface area contributed by atoms with E-state index in [1.807, 2.05) is 12.1 Å². The topological polar surface area (TPSA) is 68.3 Å². The molecule has 26 heavy (non-hydrogen) atoms. The Morgan fingerprint density at radius 2 is 1.85 bits per heavy atom. The van der Waals surface area contributed by atoms with Gasteiger partial charge in [-0.05, 0) is 41.7 Å². The van der Waals surface area contributed by atoms with E-state index in [1.165, 1.54) is 23.9 Å². The van der Waals surface area contributed by atoms with E-state index in [4.69, 9.17) is 4.74 Å². The van der Waals surface area contributed by atoms with Gasteiger partial charge in [-0.15, -0.1) is 0 Å². The molecule has 0 saturated heterocycles. The normalized spacial score (nSPS) is 11.4. The minimum absolute atomic E-state index is 0.0925. The van der Waals surface area contributed by atoms with Crippen LogP contribution in [0.1, 0.15) is 49.2 Å². The van der Waals surface area contributed by atoms with Crippen molar-refractivity contribution < 1.29 is 14.3 Å². The highest BCUT2D eigenvalue weighted by Crippen LogP contribution is 2.22. The minimum Gasteiger partial charge on any atom is -0.462 e. The van der Waals surface area contributed by atoms with Crippen molar-refractivity contribution in [3.05, 3.63) is 65.4 Å². The van der Waals surface area contributed by atoms with Gasteiger partial charge in [0, 0.05) is 12.3 Å². The third kappa shape index (κ3) is 5.55. The molecule has 0 aliphatic heterocycles. The first-order valence-electron chi connectivity index (χ1n) is 8.52. The van der Waals surface area contributed by atoms with Crippen molar-refractivity contribution in [1.82, 2.24) is 4.98 Å². The highest BCUT2D eigenvalue weighted by molar-refractivity contribution is 6.02. The molecule has 136 valence electrons. The fourth-order valence-corrected chi connectivity index (χ4v) is 2.27. The molecule has 0 saturated carbocycles. The maximum absolute atomic E-state index is 12.1. The van der Waals surface area contributed by atoms with Gasteiger partial charge >= 0.3 is 5.97 Å². The minimum atomic E-state index is -0.445. The molecule has 0 fully saturated rings. The number of anilines is 1. The molecule has 1 aromatic heterocycles. The summed E-state index contributed by atoms with van der Waals surface area (Å²) in [5, 5.41) is 2.64. The van der Waals surface area contributed by atoms with Crippen molar-refractivity contribution in [3.8, 4) is 0 Å². The van der Waals surface area contributed by atoms with Crippen LogP contribution >= 0.6 is 0 Å². The molecule has 0 aliphatic carbocycles. The number of hydrogen-bond donors (Lipinski definition) is 1. The van der Waals surface area contributed by atoms with Gasteiger partial charge in [-0.3, -0.25) is 4.79 Å². The van der Waals surface area contributed by atoms with Gasteiger partial charge in [0.1, 0.15) is 5.82 Å². The number of benzene rings is 1. The number of nitrogens with one attached hydrogen (secondary N) is 1. The van der Waals surface area contributed by atoms with Crippen molar-refractivity contribution >= 4 is 23.8 Å². The average Bonchev–Trinajstić information content (AvgIpc) is 2.60. The standard InChI is InChI=1S/C21H24N2O3/c1-5-26-20(25)16-12-13-22-18(14-16)23-19(24)11-8-15-6-9-17(10-7-15)21(2,3)4/h6-14H,5H2,1-4H3,(H,22,23,24)/b11-8+. The predicted octanol–water partition coefficient (Wildman–Crippen LogP) is 4.21. The number of nitrogens with zero attached hydrogens (tertiary/aromatic N) is 1. The zero-order valence-corrected chi connectivity index (χ0v) is 15.6. The second-order valence-corrected chi connectivity index (χ2v) is 6.84. The summed E-state index contributed by atoms with van der Waals surface area (Å²) in [6.45, 7) is 8.49. The molecule has 1 amide bonds. The Labute approximate surface area is 154 Å². The molecule has 0 atom stereocenters. The molecular weight excluding hydrogens is 328 g/mol. The maximum Gasteiger partial charge on any atom is 0.338 e. The highest BCUT2D eigenvalue weighted by Gasteiger charge is 2.12. The summed E-state index contributed by atoms with van der Waals surface area (Å²) in [5.41, 5.74) is 2.61. The van der Waals surface area contributed by atoms with Crippen LogP contribution in [0.15, 0.2) is 48.7 Å². The largest absolute Gasteiger partial charge is 0.462 e. The lowest BCUT2D eigenvalue weighted by Gasteiger charge is -2.18. The van der Waals surface area contributed by atoms with E-state index in [9.17, 15) is 9.59 Å². The number of pyridine rings is 1. The van der Waals surface area contributed by atoms with E-state index in [1.54, 1.807) is 19.1 Å². The SMILES string of the molecule is CCOC(=O)c1ccnc(NC(=O)/C=C/c2ccc(C(C)(C)C)cc2)c1. The van der Waals surface area contributed by atoms with E-state index in [-0.39, 0.29) is 11.3 Å². The maximum atomic E-state index is 12.1. The Bertz CT molecular complexity index is 803. The van der Waals surface area contributed by atoms with Gasteiger partial charge in [-0.1, -0.05) is 45.0 Å². The Balaban J connectivity index is 2.01. The molecule has 0 spiro atoms. The highest BCUT2D eigenvalue weighted by atomic mass is 16.5. The van der Waals surface area contributed by atoms with Crippen molar-refractivity contribution in [3.63, 3.8) is 0 Å². The fraction of sp³-hybridized carbons (Fsp3) is 0.286. The Morgan fingerprint density at radius 1 is 1.15 bits per heavy atom. The summed E-state index contributed by atoms with van der Waals surface area (Å²) in [7, 11) is 0. The van der Waals surface area contributed by atoms with Crippen LogP contribution in [-0.4, -0.2) is 23.5 Å². The van der Waals surface area contributed by atoms with E-state index >= 15 is 0 Å². The third-order valence-electron chi connectivity index (χ3n) is 3.73. The summed E-state index contributed by atoms with van der Waals surface area (Å²) in [5.74, 6) is -0.466. The molecule has 0 bridgehead atoms. The van der Waals surface area contributed by atoms with Gasteiger partial charge in [-0.25, -0.2) is 9.78 Å². The van der Waals surface area contributed by atoms with Crippen LogP contribution < -0.4 is 5.32 Å². The second-order valence-electron chi connectivity index (χ2n) is 6.84. The van der Waals surface area contributed by atoms with Crippen LogP contribution in [-0.2, 0) is 14.9 Å². The molecule has 0 unspecified atom stereocenters. The van der Waals surface area contributed by atoms with Gasteiger partial charge in [0.15, 0.2) is 0 Å². The van der Waals surface area contributed by atoms with E-state index < -0.39 is 5.97 Å². The fourth-order valence-electron chi connectivity index (χ4n) is 2.27. The predicted molar refractivity (Wildman–Crippen MR) is 103 cm³/mol. The number of rotatable bonds is 5. The first-order valence-corrected chi connectivity index (χ1v) is 8.52. The smallest absolute Gasteiger partial charge is 0.338 e. The Hall–Kier alpha value is -2.95. The molecule has 1 N–H and O–H groups in total. The second kappa shape index (κ2) is 8.43. The van der Waals surface area contributed by atoms with Crippen LogP contribution in [0.4, 0.5) is 5.82 Å². The number of carbonyl (C=O) groups excluding carboxylic acids is 2. The number of ether oxygens (including phenoxy) is 1.